The second kappa shape index (κ2) is 3.25. The molecule has 60 valence electrons. The van der Waals surface area contributed by atoms with Crippen LogP contribution in [-0.4, -0.2) is 4.98 Å². The van der Waals surface area contributed by atoms with Gasteiger partial charge in [0.25, 0.3) is 0 Å². The molecule has 0 saturated heterocycles. The molecule has 12 heavy (non-hydrogen) atoms. The largest absolute Gasteiger partial charge is 0.252 e. The Morgan fingerprint density at radius 2 is 1.92 bits per heavy atom. The summed E-state index contributed by atoms with van der Waals surface area (Å²) in [5.74, 6) is 0. The van der Waals surface area contributed by atoms with Crippen molar-refractivity contribution < 1.29 is 0 Å². The number of hydrogen-bond donors (Lipinski definition) is 0. The highest BCUT2D eigenvalue weighted by molar-refractivity contribution is 7.13. The van der Waals surface area contributed by atoms with Gasteiger partial charge >= 0.3 is 0 Å². The van der Waals surface area contributed by atoms with Crippen LogP contribution in [0, 0.1) is 0 Å². The van der Waals surface area contributed by atoms with Crippen LogP contribution < -0.4 is 0 Å². The Kier molecular flexibility index (Phi) is 2.11. The Morgan fingerprint density at radius 1 is 1.17 bits per heavy atom. The second-order valence-electron chi connectivity index (χ2n) is 2.37. The molecule has 1 heterocycles. The van der Waals surface area contributed by atoms with Gasteiger partial charge in [0.15, 0.2) is 0 Å². The maximum Gasteiger partial charge on any atom is 0.0797 e. The Hall–Kier alpha value is -0.860. The predicted octanol–water partition coefficient (Wildman–Crippen LogP) is 3.46. The molecule has 0 fully saturated rings. The molecule has 2 rings (SSSR count). The SMILES string of the molecule is Clc1ccc(-c2cncs2)cc1. The van der Waals surface area contributed by atoms with Gasteiger partial charge in [-0.15, -0.1) is 11.3 Å². The summed E-state index contributed by atoms with van der Waals surface area (Å²) in [4.78, 5) is 5.18. The van der Waals surface area contributed by atoms with Crippen LogP contribution in [0.2, 0.25) is 5.02 Å². The van der Waals surface area contributed by atoms with Crippen LogP contribution in [0.5, 0.6) is 0 Å². The van der Waals surface area contributed by atoms with Crippen molar-refractivity contribution in [3.05, 3.63) is 41.0 Å². The van der Waals surface area contributed by atoms with Crippen LogP contribution in [0.4, 0.5) is 0 Å². The van der Waals surface area contributed by atoms with E-state index in [-0.39, 0.29) is 0 Å². The molecule has 0 aliphatic heterocycles. The van der Waals surface area contributed by atoms with E-state index in [1.807, 2.05) is 36.0 Å². The number of rotatable bonds is 1. The van der Waals surface area contributed by atoms with Gasteiger partial charge < -0.3 is 0 Å². The van der Waals surface area contributed by atoms with Crippen LogP contribution in [0.3, 0.4) is 0 Å². The van der Waals surface area contributed by atoms with E-state index in [1.165, 1.54) is 10.4 Å². The molecule has 1 aromatic heterocycles. The molecular formula is C9H6ClNS. The Morgan fingerprint density at radius 3 is 2.50 bits per heavy atom. The molecule has 0 radical (unpaired) electrons. The molecule has 0 bridgehead atoms. The molecule has 0 N–H and O–H groups in total. The van der Waals surface area contributed by atoms with Gasteiger partial charge in [0.05, 0.1) is 10.4 Å². The topological polar surface area (TPSA) is 12.9 Å². The van der Waals surface area contributed by atoms with E-state index in [9.17, 15) is 0 Å². The zero-order valence-corrected chi connectivity index (χ0v) is 7.77. The summed E-state index contributed by atoms with van der Waals surface area (Å²) in [5, 5.41) is 0.767. The normalized spacial score (nSPS) is 10.1. The van der Waals surface area contributed by atoms with Crippen molar-refractivity contribution in [1.29, 1.82) is 0 Å². The van der Waals surface area contributed by atoms with Gasteiger partial charge in [-0.3, -0.25) is 4.98 Å². The van der Waals surface area contributed by atoms with Crippen molar-refractivity contribution in [1.82, 2.24) is 4.98 Å². The maximum absolute atomic E-state index is 5.76. The quantitative estimate of drug-likeness (QED) is 0.679. The minimum Gasteiger partial charge on any atom is -0.252 e. The molecule has 0 amide bonds. The fourth-order valence-corrected chi connectivity index (χ4v) is 1.73. The third kappa shape index (κ3) is 1.49. The van der Waals surface area contributed by atoms with E-state index >= 15 is 0 Å². The first kappa shape index (κ1) is 7.77. The van der Waals surface area contributed by atoms with Crippen LogP contribution in [0.15, 0.2) is 36.0 Å². The van der Waals surface area contributed by atoms with E-state index in [4.69, 9.17) is 11.6 Å². The summed E-state index contributed by atoms with van der Waals surface area (Å²) in [5.41, 5.74) is 2.99. The summed E-state index contributed by atoms with van der Waals surface area (Å²) >= 11 is 7.39. The van der Waals surface area contributed by atoms with E-state index in [1.54, 1.807) is 11.3 Å². The number of thiazole rings is 1. The highest BCUT2D eigenvalue weighted by atomic mass is 35.5. The van der Waals surface area contributed by atoms with Crippen LogP contribution in [-0.2, 0) is 0 Å². The Bertz CT molecular complexity index is 353. The number of halogens is 1. The fraction of sp³-hybridized carbons (Fsp3) is 0. The van der Waals surface area contributed by atoms with Gasteiger partial charge in [0.2, 0.25) is 0 Å². The van der Waals surface area contributed by atoms with Gasteiger partial charge in [0.1, 0.15) is 0 Å². The average molecular weight is 196 g/mol. The highest BCUT2D eigenvalue weighted by Crippen LogP contribution is 2.24. The smallest absolute Gasteiger partial charge is 0.0797 e. The molecule has 0 spiro atoms. The number of nitrogens with zero attached hydrogens (tertiary/aromatic N) is 1. The monoisotopic (exact) mass is 195 g/mol. The van der Waals surface area contributed by atoms with Gasteiger partial charge in [0, 0.05) is 11.2 Å². The lowest BCUT2D eigenvalue weighted by molar-refractivity contribution is 1.42. The summed E-state index contributed by atoms with van der Waals surface area (Å²) in [6, 6.07) is 7.76. The molecule has 1 nitrogen and oxygen atoms in total. The molecule has 2 aromatic rings. The first-order valence-corrected chi connectivity index (χ1v) is 4.76. The number of benzene rings is 1. The minimum atomic E-state index is 0.767. The zero-order valence-electron chi connectivity index (χ0n) is 6.20. The first-order chi connectivity index (χ1) is 5.86. The molecule has 0 atom stereocenters. The molecule has 0 aliphatic rings. The van der Waals surface area contributed by atoms with Crippen LogP contribution >= 0.6 is 22.9 Å². The zero-order chi connectivity index (χ0) is 8.39. The molecule has 3 heteroatoms. The molecule has 0 saturated carbocycles. The van der Waals surface area contributed by atoms with E-state index in [0.717, 1.165) is 5.02 Å². The predicted molar refractivity (Wildman–Crippen MR) is 52.6 cm³/mol. The maximum atomic E-state index is 5.76. The van der Waals surface area contributed by atoms with Gasteiger partial charge in [-0.1, -0.05) is 23.7 Å². The summed E-state index contributed by atoms with van der Waals surface area (Å²) in [6.07, 6.45) is 1.86. The van der Waals surface area contributed by atoms with E-state index < -0.39 is 0 Å². The Labute approximate surface area is 79.7 Å². The second-order valence-corrected chi connectivity index (χ2v) is 3.70. The fourth-order valence-electron chi connectivity index (χ4n) is 0.972. The van der Waals surface area contributed by atoms with Crippen LogP contribution in [0.1, 0.15) is 0 Å². The van der Waals surface area contributed by atoms with Crippen molar-refractivity contribution in [3.8, 4) is 10.4 Å². The summed E-state index contributed by atoms with van der Waals surface area (Å²) in [6.45, 7) is 0. The van der Waals surface area contributed by atoms with Gasteiger partial charge in [-0.25, -0.2) is 0 Å². The van der Waals surface area contributed by atoms with Gasteiger partial charge in [-0.2, -0.15) is 0 Å². The standard InChI is InChI=1S/C9H6ClNS/c10-8-3-1-7(2-4-8)9-5-11-6-12-9/h1-6H. The number of hydrogen-bond acceptors (Lipinski definition) is 2. The van der Waals surface area contributed by atoms with E-state index in [0.29, 0.717) is 0 Å². The Balaban J connectivity index is 2.43. The van der Waals surface area contributed by atoms with Crippen molar-refractivity contribution in [2.45, 2.75) is 0 Å². The average Bonchev–Trinajstić information content (AvgIpc) is 2.58. The molecular weight excluding hydrogens is 190 g/mol. The molecule has 0 unspecified atom stereocenters. The lowest BCUT2D eigenvalue weighted by Crippen LogP contribution is -1.70. The molecule has 0 aliphatic carbocycles. The van der Waals surface area contributed by atoms with Crippen molar-refractivity contribution in [2.24, 2.45) is 0 Å². The number of aromatic nitrogens is 1. The van der Waals surface area contributed by atoms with Crippen molar-refractivity contribution in [3.63, 3.8) is 0 Å². The van der Waals surface area contributed by atoms with Crippen LogP contribution in [0.25, 0.3) is 10.4 Å². The summed E-state index contributed by atoms with van der Waals surface area (Å²) < 4.78 is 0. The minimum absolute atomic E-state index is 0.767. The summed E-state index contributed by atoms with van der Waals surface area (Å²) in [7, 11) is 0. The van der Waals surface area contributed by atoms with Crippen molar-refractivity contribution >= 4 is 22.9 Å². The van der Waals surface area contributed by atoms with E-state index in [2.05, 4.69) is 4.98 Å². The molecule has 1 aromatic carbocycles. The first-order valence-electron chi connectivity index (χ1n) is 3.51. The third-order valence-electron chi connectivity index (χ3n) is 1.56. The highest BCUT2D eigenvalue weighted by Gasteiger charge is 1.97. The lowest BCUT2D eigenvalue weighted by atomic mass is 10.2. The lowest BCUT2D eigenvalue weighted by Gasteiger charge is -1.94. The van der Waals surface area contributed by atoms with Crippen molar-refractivity contribution in [2.75, 3.05) is 0 Å². The van der Waals surface area contributed by atoms with Gasteiger partial charge in [-0.05, 0) is 17.7 Å². The third-order valence-corrected chi connectivity index (χ3v) is 2.64.